The van der Waals surface area contributed by atoms with Crippen molar-refractivity contribution in [2.75, 3.05) is 0 Å². The molecule has 0 aromatic rings. The number of hydrogen-bond acceptors (Lipinski definition) is 0. The highest BCUT2D eigenvalue weighted by molar-refractivity contribution is 4.89. The molecule has 11 heavy (non-hydrogen) atoms. The Bertz CT molecular complexity index is 115. The molecule has 3 atom stereocenters. The summed E-state index contributed by atoms with van der Waals surface area (Å²) in [5.74, 6) is 3.57. The molecule has 1 saturated carbocycles. The summed E-state index contributed by atoms with van der Waals surface area (Å²) < 4.78 is 0. The zero-order chi connectivity index (χ0) is 8.43. The molecular weight excluding hydrogens is 132 g/mol. The minimum atomic E-state index is 0.845. The number of rotatable bonds is 1. The molecule has 0 aliphatic heterocycles. The van der Waals surface area contributed by atoms with Gasteiger partial charge in [-0.05, 0) is 42.9 Å². The van der Waals surface area contributed by atoms with Crippen LogP contribution in [0, 0.1) is 30.1 Å². The molecule has 0 aromatic heterocycles. The Morgan fingerprint density at radius 1 is 1.27 bits per heavy atom. The van der Waals surface area contributed by atoms with Crippen molar-refractivity contribution in [1.29, 1.82) is 0 Å². The van der Waals surface area contributed by atoms with Crippen LogP contribution < -0.4 is 0 Å². The van der Waals surface area contributed by atoms with E-state index in [1.165, 1.54) is 12.8 Å². The molecule has 0 amide bonds. The Kier molecular flexibility index (Phi) is 2.98. The maximum Gasteiger partial charge on any atom is -0.0334 e. The SMILES string of the molecule is CC1C[CH]C(C(C)C)C(C)C1. The van der Waals surface area contributed by atoms with E-state index in [2.05, 4.69) is 34.1 Å². The van der Waals surface area contributed by atoms with Crippen LogP contribution in [0.5, 0.6) is 0 Å². The molecule has 1 aliphatic rings. The second-order valence-electron chi connectivity index (χ2n) is 4.61. The lowest BCUT2D eigenvalue weighted by atomic mass is 9.71. The zero-order valence-corrected chi connectivity index (χ0v) is 8.30. The van der Waals surface area contributed by atoms with Crippen LogP contribution in [0.15, 0.2) is 0 Å². The quantitative estimate of drug-likeness (QED) is 0.540. The number of hydrogen-bond donors (Lipinski definition) is 0. The summed E-state index contributed by atoms with van der Waals surface area (Å²) in [5.41, 5.74) is 0. The summed E-state index contributed by atoms with van der Waals surface area (Å²) in [4.78, 5) is 0. The Morgan fingerprint density at radius 2 is 1.91 bits per heavy atom. The van der Waals surface area contributed by atoms with Crippen LogP contribution in [0.1, 0.15) is 40.5 Å². The molecule has 65 valence electrons. The van der Waals surface area contributed by atoms with Crippen molar-refractivity contribution in [3.63, 3.8) is 0 Å². The van der Waals surface area contributed by atoms with Gasteiger partial charge in [0, 0.05) is 0 Å². The van der Waals surface area contributed by atoms with Crippen LogP contribution in [0.2, 0.25) is 0 Å². The van der Waals surface area contributed by atoms with Crippen LogP contribution in [-0.2, 0) is 0 Å². The van der Waals surface area contributed by atoms with Gasteiger partial charge in [-0.25, -0.2) is 0 Å². The Balaban J connectivity index is 2.44. The average molecular weight is 153 g/mol. The van der Waals surface area contributed by atoms with Gasteiger partial charge in [0.25, 0.3) is 0 Å². The monoisotopic (exact) mass is 153 g/mol. The Hall–Kier alpha value is 0. The molecule has 0 heteroatoms. The van der Waals surface area contributed by atoms with E-state index in [0.717, 1.165) is 23.7 Å². The van der Waals surface area contributed by atoms with Crippen molar-refractivity contribution in [1.82, 2.24) is 0 Å². The second kappa shape index (κ2) is 3.60. The highest BCUT2D eigenvalue weighted by atomic mass is 14.3. The summed E-state index contributed by atoms with van der Waals surface area (Å²) in [5, 5.41) is 0. The molecule has 0 spiro atoms. The van der Waals surface area contributed by atoms with Gasteiger partial charge in [-0.2, -0.15) is 0 Å². The average Bonchev–Trinajstić information content (AvgIpc) is 1.85. The van der Waals surface area contributed by atoms with Gasteiger partial charge in [-0.15, -0.1) is 0 Å². The van der Waals surface area contributed by atoms with E-state index in [4.69, 9.17) is 0 Å². The normalized spacial score (nSPS) is 39.5. The Morgan fingerprint density at radius 3 is 2.36 bits per heavy atom. The van der Waals surface area contributed by atoms with Crippen molar-refractivity contribution in [2.24, 2.45) is 23.7 Å². The van der Waals surface area contributed by atoms with E-state index in [9.17, 15) is 0 Å². The highest BCUT2D eigenvalue weighted by Crippen LogP contribution is 2.36. The molecule has 0 heterocycles. The third kappa shape index (κ3) is 2.21. The zero-order valence-electron chi connectivity index (χ0n) is 8.30. The molecule has 1 aliphatic carbocycles. The molecular formula is C11H21. The van der Waals surface area contributed by atoms with E-state index in [1.807, 2.05) is 0 Å². The first-order valence-corrected chi connectivity index (χ1v) is 4.94. The van der Waals surface area contributed by atoms with Gasteiger partial charge in [0.1, 0.15) is 0 Å². The van der Waals surface area contributed by atoms with Gasteiger partial charge in [-0.1, -0.05) is 27.7 Å². The van der Waals surface area contributed by atoms with Crippen LogP contribution in [0.4, 0.5) is 0 Å². The standard InChI is InChI=1S/C11H21/c1-8(2)11-6-5-9(3)7-10(11)4/h6,8-11H,5,7H2,1-4H3. The lowest BCUT2D eigenvalue weighted by molar-refractivity contribution is 0.214. The van der Waals surface area contributed by atoms with E-state index in [0.29, 0.717) is 0 Å². The fourth-order valence-electron chi connectivity index (χ4n) is 2.44. The third-order valence-corrected chi connectivity index (χ3v) is 3.01. The maximum absolute atomic E-state index is 2.55. The smallest absolute Gasteiger partial charge is 0.0334 e. The molecule has 3 unspecified atom stereocenters. The highest BCUT2D eigenvalue weighted by Gasteiger charge is 2.27. The topological polar surface area (TPSA) is 0 Å². The van der Waals surface area contributed by atoms with E-state index in [1.54, 1.807) is 0 Å². The first kappa shape index (κ1) is 9.09. The van der Waals surface area contributed by atoms with Gasteiger partial charge < -0.3 is 0 Å². The first-order valence-electron chi connectivity index (χ1n) is 4.94. The molecule has 1 radical (unpaired) electrons. The minimum absolute atomic E-state index is 0.845. The molecule has 0 nitrogen and oxygen atoms in total. The molecule has 0 saturated heterocycles. The molecule has 1 fully saturated rings. The van der Waals surface area contributed by atoms with E-state index < -0.39 is 0 Å². The van der Waals surface area contributed by atoms with Crippen LogP contribution in [0.3, 0.4) is 0 Å². The van der Waals surface area contributed by atoms with Gasteiger partial charge >= 0.3 is 0 Å². The maximum atomic E-state index is 2.55. The third-order valence-electron chi connectivity index (χ3n) is 3.01. The summed E-state index contributed by atoms with van der Waals surface area (Å²) >= 11 is 0. The fourth-order valence-corrected chi connectivity index (χ4v) is 2.44. The summed E-state index contributed by atoms with van der Waals surface area (Å²) in [7, 11) is 0. The predicted octanol–water partition coefficient (Wildman–Crippen LogP) is 3.53. The van der Waals surface area contributed by atoms with E-state index in [-0.39, 0.29) is 0 Å². The predicted molar refractivity (Wildman–Crippen MR) is 50.2 cm³/mol. The lowest BCUT2D eigenvalue weighted by Crippen LogP contribution is -2.25. The first-order chi connectivity index (χ1) is 5.11. The summed E-state index contributed by atoms with van der Waals surface area (Å²) in [6.45, 7) is 9.45. The minimum Gasteiger partial charge on any atom is -0.0625 e. The molecule has 1 rings (SSSR count). The second-order valence-corrected chi connectivity index (χ2v) is 4.61. The van der Waals surface area contributed by atoms with Crippen LogP contribution in [-0.4, -0.2) is 0 Å². The van der Waals surface area contributed by atoms with Crippen LogP contribution in [0.25, 0.3) is 0 Å². The van der Waals surface area contributed by atoms with Gasteiger partial charge in [0.05, 0.1) is 0 Å². The lowest BCUT2D eigenvalue weighted by Gasteiger charge is -2.34. The molecule has 0 N–H and O–H groups in total. The van der Waals surface area contributed by atoms with Crippen molar-refractivity contribution in [3.8, 4) is 0 Å². The van der Waals surface area contributed by atoms with Crippen molar-refractivity contribution < 1.29 is 0 Å². The largest absolute Gasteiger partial charge is 0.0625 e. The fraction of sp³-hybridized carbons (Fsp3) is 0.909. The van der Waals surface area contributed by atoms with Gasteiger partial charge in [0.2, 0.25) is 0 Å². The summed E-state index contributed by atoms with van der Waals surface area (Å²) in [6, 6.07) is 0. The van der Waals surface area contributed by atoms with Gasteiger partial charge in [0.15, 0.2) is 0 Å². The van der Waals surface area contributed by atoms with Crippen molar-refractivity contribution in [2.45, 2.75) is 40.5 Å². The van der Waals surface area contributed by atoms with Crippen molar-refractivity contribution in [3.05, 3.63) is 6.42 Å². The summed E-state index contributed by atoms with van der Waals surface area (Å²) in [6.07, 6.45) is 5.32. The van der Waals surface area contributed by atoms with E-state index >= 15 is 0 Å². The molecule has 0 aromatic carbocycles. The Labute approximate surface area is 71.4 Å². The van der Waals surface area contributed by atoms with Crippen LogP contribution >= 0.6 is 0 Å². The van der Waals surface area contributed by atoms with Crippen molar-refractivity contribution >= 4 is 0 Å². The molecule has 0 bridgehead atoms. The van der Waals surface area contributed by atoms with Gasteiger partial charge in [-0.3, -0.25) is 0 Å².